The van der Waals surface area contributed by atoms with Gasteiger partial charge in [-0.25, -0.2) is 4.79 Å². The highest BCUT2D eigenvalue weighted by atomic mass is 16.4. The zero-order chi connectivity index (χ0) is 8.72. The predicted molar refractivity (Wildman–Crippen MR) is 45.7 cm³/mol. The molecule has 0 aliphatic rings. The van der Waals surface area contributed by atoms with Crippen LogP contribution in [-0.2, 0) is 0 Å². The fourth-order valence-corrected chi connectivity index (χ4v) is 1.10. The molecule has 0 unspecified atom stereocenters. The molecule has 5 N–H and O–H groups in total. The number of hydrogen-bond acceptors (Lipinski definition) is 4. The first-order chi connectivity index (χ1) is 5.66. The molecule has 0 fully saturated rings. The van der Waals surface area contributed by atoms with Crippen molar-refractivity contribution >= 4 is 22.5 Å². The van der Waals surface area contributed by atoms with E-state index in [9.17, 15) is 4.79 Å². The molecule has 0 atom stereocenters. The molecule has 0 bridgehead atoms. The highest BCUT2D eigenvalue weighted by Crippen LogP contribution is 2.20. The predicted octanol–water partition coefficient (Wildman–Crippen LogP) is 0.285. The van der Waals surface area contributed by atoms with Gasteiger partial charge in [-0.3, -0.25) is 4.98 Å². The van der Waals surface area contributed by atoms with Crippen molar-refractivity contribution in [3.8, 4) is 0 Å². The maximum atomic E-state index is 10.7. The number of nitrogen functional groups attached to an aromatic ring is 2. The van der Waals surface area contributed by atoms with Gasteiger partial charge in [-0.2, -0.15) is 0 Å². The van der Waals surface area contributed by atoms with Crippen LogP contribution in [0.25, 0.3) is 11.1 Å². The van der Waals surface area contributed by atoms with Crippen molar-refractivity contribution in [1.82, 2.24) is 4.98 Å². The number of anilines is 2. The molecular formula is C7H7N3O2. The SMILES string of the molecule is Nc1cc(N)c2[nH]c(=O)oc2c1. The van der Waals surface area contributed by atoms with Gasteiger partial charge in [-0.15, -0.1) is 0 Å². The first kappa shape index (κ1) is 6.78. The molecule has 2 aromatic rings. The third-order valence-corrected chi connectivity index (χ3v) is 1.58. The Kier molecular flexibility index (Phi) is 1.15. The number of rotatable bonds is 0. The summed E-state index contributed by atoms with van der Waals surface area (Å²) in [4.78, 5) is 13.2. The Bertz CT molecular complexity index is 483. The van der Waals surface area contributed by atoms with Crippen LogP contribution in [0.15, 0.2) is 21.3 Å². The second kappa shape index (κ2) is 2.04. The Labute approximate surface area is 67.0 Å². The summed E-state index contributed by atoms with van der Waals surface area (Å²) in [6.45, 7) is 0. The monoisotopic (exact) mass is 165 g/mol. The molecular weight excluding hydrogens is 158 g/mol. The van der Waals surface area contributed by atoms with Gasteiger partial charge in [-0.05, 0) is 6.07 Å². The fraction of sp³-hybridized carbons (Fsp3) is 0. The fourth-order valence-electron chi connectivity index (χ4n) is 1.10. The standard InChI is InChI=1S/C7H7N3O2/c8-3-1-4(9)6-5(2-3)12-7(11)10-6/h1-2H,8-9H2,(H,10,11). The Morgan fingerprint density at radius 3 is 2.83 bits per heavy atom. The van der Waals surface area contributed by atoms with E-state index in [4.69, 9.17) is 15.9 Å². The maximum Gasteiger partial charge on any atom is 0.417 e. The van der Waals surface area contributed by atoms with Crippen LogP contribution in [0.1, 0.15) is 0 Å². The highest BCUT2D eigenvalue weighted by molar-refractivity contribution is 5.88. The molecule has 0 spiro atoms. The summed E-state index contributed by atoms with van der Waals surface area (Å²) < 4.78 is 4.76. The summed E-state index contributed by atoms with van der Waals surface area (Å²) >= 11 is 0. The number of aromatic nitrogens is 1. The zero-order valence-corrected chi connectivity index (χ0v) is 6.13. The molecule has 12 heavy (non-hydrogen) atoms. The molecule has 0 saturated heterocycles. The number of fused-ring (bicyclic) bond motifs is 1. The van der Waals surface area contributed by atoms with Crippen molar-refractivity contribution in [2.24, 2.45) is 0 Å². The second-order valence-corrected chi connectivity index (χ2v) is 2.50. The van der Waals surface area contributed by atoms with Crippen LogP contribution in [0.4, 0.5) is 11.4 Å². The van der Waals surface area contributed by atoms with Gasteiger partial charge in [0.1, 0.15) is 5.52 Å². The Morgan fingerprint density at radius 2 is 2.08 bits per heavy atom. The molecule has 1 heterocycles. The van der Waals surface area contributed by atoms with Crippen LogP contribution >= 0.6 is 0 Å². The lowest BCUT2D eigenvalue weighted by Gasteiger charge is -1.95. The molecule has 0 amide bonds. The lowest BCUT2D eigenvalue weighted by atomic mass is 10.2. The summed E-state index contributed by atoms with van der Waals surface area (Å²) in [5.74, 6) is -0.526. The number of nitrogens with one attached hydrogen (secondary N) is 1. The van der Waals surface area contributed by atoms with Crippen LogP contribution in [0.5, 0.6) is 0 Å². The third-order valence-electron chi connectivity index (χ3n) is 1.58. The van der Waals surface area contributed by atoms with Gasteiger partial charge in [0, 0.05) is 11.8 Å². The van der Waals surface area contributed by atoms with E-state index in [0.717, 1.165) is 0 Å². The number of oxazole rings is 1. The summed E-state index contributed by atoms with van der Waals surface area (Å²) in [5.41, 5.74) is 12.8. The van der Waals surface area contributed by atoms with Crippen molar-refractivity contribution in [3.05, 3.63) is 22.7 Å². The molecule has 62 valence electrons. The van der Waals surface area contributed by atoms with Crippen molar-refractivity contribution in [2.45, 2.75) is 0 Å². The Hall–Kier alpha value is -1.91. The summed E-state index contributed by atoms with van der Waals surface area (Å²) in [6.07, 6.45) is 0. The van der Waals surface area contributed by atoms with Crippen molar-refractivity contribution in [1.29, 1.82) is 0 Å². The number of benzene rings is 1. The first-order valence-corrected chi connectivity index (χ1v) is 3.34. The quantitative estimate of drug-likeness (QED) is 0.488. The van der Waals surface area contributed by atoms with Gasteiger partial charge >= 0.3 is 5.76 Å². The average molecular weight is 165 g/mol. The van der Waals surface area contributed by atoms with Gasteiger partial charge in [0.2, 0.25) is 0 Å². The molecule has 0 radical (unpaired) electrons. The molecule has 0 aliphatic heterocycles. The minimum absolute atomic E-state index is 0.387. The second-order valence-electron chi connectivity index (χ2n) is 2.50. The number of aromatic amines is 1. The van der Waals surface area contributed by atoms with E-state index in [-0.39, 0.29) is 0 Å². The van der Waals surface area contributed by atoms with E-state index in [2.05, 4.69) is 4.98 Å². The minimum Gasteiger partial charge on any atom is -0.408 e. The summed E-state index contributed by atoms with van der Waals surface area (Å²) in [7, 11) is 0. The number of H-pyrrole nitrogens is 1. The van der Waals surface area contributed by atoms with E-state index < -0.39 is 5.76 Å². The van der Waals surface area contributed by atoms with E-state index in [1.807, 2.05) is 0 Å². The molecule has 2 rings (SSSR count). The van der Waals surface area contributed by atoms with Crippen molar-refractivity contribution in [2.75, 3.05) is 11.5 Å². The zero-order valence-electron chi connectivity index (χ0n) is 6.13. The van der Waals surface area contributed by atoms with E-state index in [0.29, 0.717) is 22.5 Å². The smallest absolute Gasteiger partial charge is 0.408 e. The van der Waals surface area contributed by atoms with Crippen molar-refractivity contribution in [3.63, 3.8) is 0 Å². The third kappa shape index (κ3) is 0.833. The van der Waals surface area contributed by atoms with Gasteiger partial charge in [-0.1, -0.05) is 0 Å². The minimum atomic E-state index is -0.526. The van der Waals surface area contributed by atoms with Crippen molar-refractivity contribution < 1.29 is 4.42 Å². The van der Waals surface area contributed by atoms with Gasteiger partial charge in [0.25, 0.3) is 0 Å². The molecule has 1 aromatic heterocycles. The van der Waals surface area contributed by atoms with E-state index in [1.165, 1.54) is 0 Å². The van der Waals surface area contributed by atoms with E-state index in [1.54, 1.807) is 12.1 Å². The lowest BCUT2D eigenvalue weighted by molar-refractivity contribution is 0.555. The normalized spacial score (nSPS) is 10.7. The topological polar surface area (TPSA) is 98.0 Å². The number of hydrogen-bond donors (Lipinski definition) is 3. The summed E-state index contributed by atoms with van der Waals surface area (Å²) in [6, 6.07) is 3.11. The highest BCUT2D eigenvalue weighted by Gasteiger charge is 2.04. The molecule has 5 heteroatoms. The average Bonchev–Trinajstić information content (AvgIpc) is 2.29. The lowest BCUT2D eigenvalue weighted by Crippen LogP contribution is -1.95. The van der Waals surface area contributed by atoms with Gasteiger partial charge in [0.15, 0.2) is 5.58 Å². The molecule has 5 nitrogen and oxygen atoms in total. The van der Waals surface area contributed by atoms with Crippen LogP contribution in [-0.4, -0.2) is 4.98 Å². The van der Waals surface area contributed by atoms with E-state index >= 15 is 0 Å². The molecule has 0 saturated carbocycles. The van der Waals surface area contributed by atoms with Gasteiger partial charge < -0.3 is 15.9 Å². The largest absolute Gasteiger partial charge is 0.417 e. The molecule has 1 aromatic carbocycles. The van der Waals surface area contributed by atoms with Crippen LogP contribution in [0.2, 0.25) is 0 Å². The van der Waals surface area contributed by atoms with Gasteiger partial charge in [0.05, 0.1) is 5.69 Å². The summed E-state index contributed by atoms with van der Waals surface area (Å²) in [5, 5.41) is 0. The maximum absolute atomic E-state index is 10.7. The Balaban J connectivity index is 2.97. The van der Waals surface area contributed by atoms with Crippen LogP contribution < -0.4 is 17.2 Å². The van der Waals surface area contributed by atoms with Crippen LogP contribution in [0, 0.1) is 0 Å². The van der Waals surface area contributed by atoms with Crippen LogP contribution in [0.3, 0.4) is 0 Å². The Morgan fingerprint density at radius 1 is 1.33 bits per heavy atom. The first-order valence-electron chi connectivity index (χ1n) is 3.34. The number of nitrogens with two attached hydrogens (primary N) is 2. The molecule has 0 aliphatic carbocycles.